The predicted molar refractivity (Wildman–Crippen MR) is 76.0 cm³/mol. The molecule has 2 heterocycles. The Labute approximate surface area is 135 Å². The number of likely N-dealkylation sites (tertiary alicyclic amines) is 1. The van der Waals surface area contributed by atoms with Gasteiger partial charge in [-0.1, -0.05) is 11.6 Å². The second kappa shape index (κ2) is 6.77. The fourth-order valence-electron chi connectivity index (χ4n) is 2.45. The summed E-state index contributed by atoms with van der Waals surface area (Å²) in [6.45, 7) is 1.42. The largest absolute Gasteiger partial charge is 0.434 e. The minimum atomic E-state index is -4.69. The number of rotatable bonds is 5. The molecule has 1 fully saturated rings. The minimum Gasteiger partial charge on any atom is -0.351 e. The summed E-state index contributed by atoms with van der Waals surface area (Å²) in [5.74, 6) is -0.687. The van der Waals surface area contributed by atoms with Crippen molar-refractivity contribution in [2.45, 2.75) is 25.4 Å². The summed E-state index contributed by atoms with van der Waals surface area (Å²) in [4.78, 5) is 25.0. The number of halogens is 4. The summed E-state index contributed by atoms with van der Waals surface area (Å²) in [5, 5.41) is 5.28. The highest BCUT2D eigenvalue weighted by Crippen LogP contribution is 2.35. The lowest BCUT2D eigenvalue weighted by molar-refractivity contribution is -0.143. The SMILES string of the molecule is Cn1nc(C(=O)NCCCN2CCCC2=O)c(Cl)c1C(F)(F)F. The van der Waals surface area contributed by atoms with Crippen LogP contribution in [0.25, 0.3) is 0 Å². The quantitative estimate of drug-likeness (QED) is 0.822. The van der Waals surface area contributed by atoms with Gasteiger partial charge in [-0.3, -0.25) is 14.3 Å². The molecular formula is C13H16ClF3N4O2. The molecule has 23 heavy (non-hydrogen) atoms. The first kappa shape index (κ1) is 17.6. The van der Waals surface area contributed by atoms with Crippen molar-refractivity contribution >= 4 is 23.4 Å². The first-order valence-electron chi connectivity index (χ1n) is 7.07. The molecule has 1 aromatic rings. The Kier molecular flexibility index (Phi) is 5.18. The van der Waals surface area contributed by atoms with Crippen LogP contribution in [0.5, 0.6) is 0 Å². The lowest BCUT2D eigenvalue weighted by Gasteiger charge is -2.15. The van der Waals surface area contributed by atoms with Crippen molar-refractivity contribution in [1.82, 2.24) is 20.0 Å². The van der Waals surface area contributed by atoms with Crippen LogP contribution in [0.15, 0.2) is 0 Å². The van der Waals surface area contributed by atoms with Crippen LogP contribution in [0, 0.1) is 0 Å². The van der Waals surface area contributed by atoms with Crippen LogP contribution in [-0.4, -0.2) is 46.1 Å². The number of amides is 2. The van der Waals surface area contributed by atoms with Gasteiger partial charge in [-0.05, 0) is 12.8 Å². The number of carbonyl (C=O) groups is 2. The molecule has 6 nitrogen and oxygen atoms in total. The van der Waals surface area contributed by atoms with Gasteiger partial charge in [0.15, 0.2) is 11.4 Å². The average Bonchev–Trinajstić information content (AvgIpc) is 2.97. The fraction of sp³-hybridized carbons (Fsp3) is 0.615. The molecule has 2 rings (SSSR count). The second-order valence-corrected chi connectivity index (χ2v) is 5.60. The summed E-state index contributed by atoms with van der Waals surface area (Å²) in [7, 11) is 1.07. The second-order valence-electron chi connectivity index (χ2n) is 5.23. The molecule has 10 heteroatoms. The van der Waals surface area contributed by atoms with E-state index in [4.69, 9.17) is 11.6 Å². The number of nitrogens with zero attached hydrogens (tertiary/aromatic N) is 3. The maximum absolute atomic E-state index is 12.8. The van der Waals surface area contributed by atoms with Crippen molar-refractivity contribution in [2.24, 2.45) is 7.05 Å². The van der Waals surface area contributed by atoms with Crippen LogP contribution in [0.2, 0.25) is 5.02 Å². The van der Waals surface area contributed by atoms with Gasteiger partial charge in [-0.2, -0.15) is 18.3 Å². The van der Waals surface area contributed by atoms with E-state index in [1.807, 2.05) is 0 Å². The van der Waals surface area contributed by atoms with Crippen LogP contribution in [-0.2, 0) is 18.0 Å². The normalized spacial score (nSPS) is 15.3. The average molecular weight is 353 g/mol. The van der Waals surface area contributed by atoms with Crippen LogP contribution in [0.4, 0.5) is 13.2 Å². The summed E-state index contributed by atoms with van der Waals surface area (Å²) in [5.41, 5.74) is -1.62. The van der Waals surface area contributed by atoms with E-state index in [1.54, 1.807) is 4.90 Å². The Morgan fingerprint density at radius 3 is 2.65 bits per heavy atom. The van der Waals surface area contributed by atoms with Crippen LogP contribution < -0.4 is 5.32 Å². The summed E-state index contributed by atoms with van der Waals surface area (Å²) >= 11 is 5.63. The van der Waals surface area contributed by atoms with Crippen LogP contribution >= 0.6 is 11.6 Å². The van der Waals surface area contributed by atoms with Gasteiger partial charge in [0, 0.05) is 33.1 Å². The van der Waals surface area contributed by atoms with E-state index in [2.05, 4.69) is 10.4 Å². The van der Waals surface area contributed by atoms with Gasteiger partial charge in [0.05, 0.1) is 0 Å². The molecule has 1 saturated heterocycles. The van der Waals surface area contributed by atoms with E-state index in [9.17, 15) is 22.8 Å². The topological polar surface area (TPSA) is 67.2 Å². The Morgan fingerprint density at radius 2 is 2.13 bits per heavy atom. The molecule has 0 radical (unpaired) electrons. The van der Waals surface area contributed by atoms with Gasteiger partial charge < -0.3 is 10.2 Å². The Balaban J connectivity index is 1.90. The molecule has 1 N–H and O–H groups in total. The number of alkyl halides is 3. The van der Waals surface area contributed by atoms with Crippen LogP contribution in [0.1, 0.15) is 35.4 Å². The molecule has 0 aliphatic carbocycles. The summed E-state index contributed by atoms with van der Waals surface area (Å²) < 4.78 is 38.9. The zero-order chi connectivity index (χ0) is 17.2. The number of aromatic nitrogens is 2. The van der Waals surface area contributed by atoms with E-state index < -0.39 is 28.5 Å². The van der Waals surface area contributed by atoms with Crippen molar-refractivity contribution in [1.29, 1.82) is 0 Å². The summed E-state index contributed by atoms with van der Waals surface area (Å²) in [6, 6.07) is 0. The van der Waals surface area contributed by atoms with E-state index >= 15 is 0 Å². The van der Waals surface area contributed by atoms with Gasteiger partial charge in [0.1, 0.15) is 5.02 Å². The van der Waals surface area contributed by atoms with Gasteiger partial charge in [0.2, 0.25) is 5.91 Å². The lowest BCUT2D eigenvalue weighted by atomic mass is 10.3. The molecular weight excluding hydrogens is 337 g/mol. The number of aryl methyl sites for hydroxylation is 1. The number of nitrogens with one attached hydrogen (secondary N) is 1. The molecule has 0 aromatic carbocycles. The lowest BCUT2D eigenvalue weighted by Crippen LogP contribution is -2.31. The van der Waals surface area contributed by atoms with E-state index in [0.29, 0.717) is 30.6 Å². The first-order valence-corrected chi connectivity index (χ1v) is 7.45. The van der Waals surface area contributed by atoms with Crippen molar-refractivity contribution in [3.63, 3.8) is 0 Å². The Morgan fingerprint density at radius 1 is 1.43 bits per heavy atom. The van der Waals surface area contributed by atoms with Gasteiger partial charge in [-0.15, -0.1) is 0 Å². The van der Waals surface area contributed by atoms with Gasteiger partial charge >= 0.3 is 6.18 Å². The molecule has 2 amide bonds. The fourth-order valence-corrected chi connectivity index (χ4v) is 2.80. The van der Waals surface area contributed by atoms with Crippen molar-refractivity contribution in [3.8, 4) is 0 Å². The molecule has 0 saturated carbocycles. The smallest absolute Gasteiger partial charge is 0.351 e. The molecule has 128 valence electrons. The highest BCUT2D eigenvalue weighted by atomic mass is 35.5. The first-order chi connectivity index (χ1) is 10.7. The third-order valence-corrected chi connectivity index (χ3v) is 3.89. The molecule has 0 bridgehead atoms. The highest BCUT2D eigenvalue weighted by Gasteiger charge is 2.39. The molecule has 1 aliphatic rings. The molecule has 0 atom stereocenters. The van der Waals surface area contributed by atoms with E-state index in [-0.39, 0.29) is 12.5 Å². The number of carbonyl (C=O) groups excluding carboxylic acids is 2. The highest BCUT2D eigenvalue weighted by molar-refractivity contribution is 6.34. The molecule has 0 unspecified atom stereocenters. The minimum absolute atomic E-state index is 0.0823. The molecule has 1 aromatic heterocycles. The number of hydrogen-bond acceptors (Lipinski definition) is 3. The Hall–Kier alpha value is -1.77. The summed E-state index contributed by atoms with van der Waals surface area (Å²) in [6.07, 6.45) is -2.81. The van der Waals surface area contributed by atoms with Gasteiger partial charge in [0.25, 0.3) is 5.91 Å². The zero-order valence-corrected chi connectivity index (χ0v) is 13.2. The number of hydrogen-bond donors (Lipinski definition) is 1. The van der Waals surface area contributed by atoms with Crippen molar-refractivity contribution in [2.75, 3.05) is 19.6 Å². The monoisotopic (exact) mass is 352 g/mol. The van der Waals surface area contributed by atoms with Crippen LogP contribution in [0.3, 0.4) is 0 Å². The maximum atomic E-state index is 12.8. The predicted octanol–water partition coefficient (Wildman–Crippen LogP) is 1.83. The zero-order valence-electron chi connectivity index (χ0n) is 12.4. The standard InChI is InChI=1S/C13H16ClF3N4O2/c1-20-11(13(15,16)17)9(14)10(19-20)12(23)18-5-3-7-21-6-2-4-8(21)22/h2-7H2,1H3,(H,18,23). The molecule has 1 aliphatic heterocycles. The maximum Gasteiger partial charge on any atom is 0.434 e. The Bertz CT molecular complexity index is 615. The third-order valence-electron chi connectivity index (χ3n) is 3.53. The van der Waals surface area contributed by atoms with Crippen molar-refractivity contribution in [3.05, 3.63) is 16.4 Å². The molecule has 0 spiro atoms. The van der Waals surface area contributed by atoms with E-state index in [0.717, 1.165) is 13.5 Å². The van der Waals surface area contributed by atoms with Crippen molar-refractivity contribution < 1.29 is 22.8 Å². The van der Waals surface area contributed by atoms with Gasteiger partial charge in [-0.25, -0.2) is 0 Å². The third kappa shape index (κ3) is 3.95. The van der Waals surface area contributed by atoms with E-state index in [1.165, 1.54) is 0 Å².